The van der Waals surface area contributed by atoms with Gasteiger partial charge in [-0.15, -0.1) is 0 Å². The maximum atomic E-state index is 12.5. The number of halogens is 3. The molecule has 0 saturated carbocycles. The van der Waals surface area contributed by atoms with Crippen LogP contribution in [0.25, 0.3) is 0 Å². The standard InChI is InChI=1S/C11H11ClF2O/c1-7-4-3-5-8(2)9(7)6-10(15)11(12,13)14/h3-5H,6H2,1-2H3. The van der Waals surface area contributed by atoms with Gasteiger partial charge in [-0.2, -0.15) is 8.78 Å². The number of Topliss-reactive ketones (excluding diaryl/α,β-unsaturated/α-hetero) is 1. The molecule has 0 aliphatic carbocycles. The van der Waals surface area contributed by atoms with Crippen LogP contribution in [0.15, 0.2) is 18.2 Å². The van der Waals surface area contributed by atoms with Gasteiger partial charge in [0.1, 0.15) is 0 Å². The summed E-state index contributed by atoms with van der Waals surface area (Å²) >= 11 is 4.66. The average molecular weight is 233 g/mol. The minimum absolute atomic E-state index is 0.324. The van der Waals surface area contributed by atoms with Crippen molar-refractivity contribution in [1.29, 1.82) is 0 Å². The van der Waals surface area contributed by atoms with Gasteiger partial charge < -0.3 is 0 Å². The first-order chi connectivity index (χ1) is 6.82. The smallest absolute Gasteiger partial charge is 0.291 e. The van der Waals surface area contributed by atoms with Gasteiger partial charge in [-0.1, -0.05) is 18.2 Å². The van der Waals surface area contributed by atoms with Gasteiger partial charge in [0, 0.05) is 6.42 Å². The van der Waals surface area contributed by atoms with Crippen LogP contribution >= 0.6 is 11.6 Å². The van der Waals surface area contributed by atoms with Gasteiger partial charge >= 0.3 is 5.38 Å². The minimum atomic E-state index is -3.77. The number of carbonyl (C=O) groups is 1. The van der Waals surface area contributed by atoms with E-state index in [4.69, 9.17) is 0 Å². The maximum Gasteiger partial charge on any atom is 0.380 e. The molecule has 0 unspecified atom stereocenters. The fourth-order valence-corrected chi connectivity index (χ4v) is 1.46. The molecule has 1 aromatic carbocycles. The highest BCUT2D eigenvalue weighted by Crippen LogP contribution is 2.24. The van der Waals surface area contributed by atoms with Gasteiger partial charge in [-0.25, -0.2) is 0 Å². The second kappa shape index (κ2) is 4.27. The number of alkyl halides is 3. The highest BCUT2D eigenvalue weighted by Gasteiger charge is 2.35. The molecule has 0 N–H and O–H groups in total. The highest BCUT2D eigenvalue weighted by atomic mass is 35.5. The number of hydrogen-bond donors (Lipinski definition) is 0. The van der Waals surface area contributed by atoms with Crippen LogP contribution in [0.4, 0.5) is 8.78 Å². The molecule has 0 radical (unpaired) electrons. The Morgan fingerprint density at radius 2 is 1.80 bits per heavy atom. The van der Waals surface area contributed by atoms with E-state index in [2.05, 4.69) is 11.6 Å². The molecule has 0 amide bonds. The predicted octanol–water partition coefficient (Wildman–Crippen LogP) is 3.25. The summed E-state index contributed by atoms with van der Waals surface area (Å²) in [5, 5.41) is -3.77. The lowest BCUT2D eigenvalue weighted by Crippen LogP contribution is -2.24. The van der Waals surface area contributed by atoms with E-state index in [1.807, 2.05) is 6.07 Å². The molecule has 15 heavy (non-hydrogen) atoms. The van der Waals surface area contributed by atoms with Crippen molar-refractivity contribution in [2.24, 2.45) is 0 Å². The van der Waals surface area contributed by atoms with E-state index in [-0.39, 0.29) is 6.42 Å². The third kappa shape index (κ3) is 2.99. The molecule has 0 atom stereocenters. The zero-order valence-electron chi connectivity index (χ0n) is 8.48. The Morgan fingerprint density at radius 3 is 2.20 bits per heavy atom. The zero-order valence-corrected chi connectivity index (χ0v) is 9.24. The number of carbonyl (C=O) groups excluding carboxylic acids is 1. The van der Waals surface area contributed by atoms with Gasteiger partial charge in [0.2, 0.25) is 5.78 Å². The molecular formula is C11H11ClF2O. The van der Waals surface area contributed by atoms with E-state index in [9.17, 15) is 13.6 Å². The summed E-state index contributed by atoms with van der Waals surface area (Å²) < 4.78 is 25.0. The second-order valence-corrected chi connectivity index (χ2v) is 3.94. The molecule has 0 saturated heterocycles. The Balaban J connectivity index is 2.95. The van der Waals surface area contributed by atoms with Gasteiger partial charge in [0.15, 0.2) is 0 Å². The Labute approximate surface area is 92.1 Å². The monoisotopic (exact) mass is 232 g/mol. The van der Waals surface area contributed by atoms with Gasteiger partial charge in [0.25, 0.3) is 0 Å². The molecule has 0 aliphatic heterocycles. The first-order valence-electron chi connectivity index (χ1n) is 4.47. The lowest BCUT2D eigenvalue weighted by Gasteiger charge is -2.11. The first kappa shape index (κ1) is 12.1. The van der Waals surface area contributed by atoms with Gasteiger partial charge in [0.05, 0.1) is 0 Å². The van der Waals surface area contributed by atoms with Crippen molar-refractivity contribution in [3.63, 3.8) is 0 Å². The summed E-state index contributed by atoms with van der Waals surface area (Å²) in [5.41, 5.74) is 2.27. The lowest BCUT2D eigenvalue weighted by molar-refractivity contribution is -0.132. The molecule has 0 bridgehead atoms. The van der Waals surface area contributed by atoms with Crippen LogP contribution in [0.2, 0.25) is 0 Å². The molecule has 0 fully saturated rings. The van der Waals surface area contributed by atoms with Crippen LogP contribution < -0.4 is 0 Å². The highest BCUT2D eigenvalue weighted by molar-refractivity contribution is 6.32. The van der Waals surface area contributed by atoms with Crippen molar-refractivity contribution in [3.05, 3.63) is 34.9 Å². The van der Waals surface area contributed by atoms with Crippen molar-refractivity contribution >= 4 is 17.4 Å². The van der Waals surface area contributed by atoms with Crippen LogP contribution in [-0.2, 0) is 11.2 Å². The quantitative estimate of drug-likeness (QED) is 0.732. The topological polar surface area (TPSA) is 17.1 Å². The Kier molecular flexibility index (Phi) is 3.45. The number of ketones is 1. The molecule has 82 valence electrons. The molecule has 0 spiro atoms. The number of benzene rings is 1. The SMILES string of the molecule is Cc1cccc(C)c1CC(=O)C(F)(F)Cl. The molecule has 0 aliphatic rings. The first-order valence-corrected chi connectivity index (χ1v) is 4.85. The lowest BCUT2D eigenvalue weighted by atomic mass is 9.98. The van der Waals surface area contributed by atoms with Crippen molar-refractivity contribution in [3.8, 4) is 0 Å². The fraction of sp³-hybridized carbons (Fsp3) is 0.364. The summed E-state index contributed by atoms with van der Waals surface area (Å²) in [5.74, 6) is -1.26. The fourth-order valence-electron chi connectivity index (χ4n) is 1.39. The van der Waals surface area contributed by atoms with Gasteiger partial charge in [-0.3, -0.25) is 4.79 Å². The summed E-state index contributed by atoms with van der Waals surface area (Å²) in [7, 11) is 0. The third-order valence-corrected chi connectivity index (χ3v) is 2.51. The Hall–Kier alpha value is -0.960. The summed E-state index contributed by atoms with van der Waals surface area (Å²) in [4.78, 5) is 11.1. The van der Waals surface area contributed by atoms with E-state index in [0.717, 1.165) is 11.1 Å². The van der Waals surface area contributed by atoms with E-state index in [1.165, 1.54) is 0 Å². The van der Waals surface area contributed by atoms with Crippen LogP contribution in [0.5, 0.6) is 0 Å². The largest absolute Gasteiger partial charge is 0.380 e. The van der Waals surface area contributed by atoms with Gasteiger partial charge in [-0.05, 0) is 42.1 Å². The van der Waals surface area contributed by atoms with Crippen LogP contribution in [0.3, 0.4) is 0 Å². The van der Waals surface area contributed by atoms with E-state index in [0.29, 0.717) is 5.56 Å². The normalized spacial score (nSPS) is 11.5. The average Bonchev–Trinajstić information content (AvgIpc) is 2.09. The van der Waals surface area contributed by atoms with E-state index < -0.39 is 11.2 Å². The molecule has 0 heterocycles. The van der Waals surface area contributed by atoms with Crippen molar-refractivity contribution in [2.75, 3.05) is 0 Å². The Morgan fingerprint density at radius 1 is 1.33 bits per heavy atom. The molecule has 1 aromatic rings. The number of aryl methyl sites for hydroxylation is 2. The number of hydrogen-bond acceptors (Lipinski definition) is 1. The summed E-state index contributed by atoms with van der Waals surface area (Å²) in [6.45, 7) is 3.56. The minimum Gasteiger partial charge on any atom is -0.291 e. The molecular weight excluding hydrogens is 222 g/mol. The summed E-state index contributed by atoms with van der Waals surface area (Å²) in [6, 6.07) is 5.38. The molecule has 1 nitrogen and oxygen atoms in total. The van der Waals surface area contributed by atoms with Crippen molar-refractivity contribution in [1.82, 2.24) is 0 Å². The zero-order chi connectivity index (χ0) is 11.6. The summed E-state index contributed by atoms with van der Waals surface area (Å²) in [6.07, 6.45) is -0.324. The number of rotatable bonds is 3. The Bertz CT molecular complexity index is 362. The molecule has 1 rings (SSSR count). The third-order valence-electron chi connectivity index (χ3n) is 2.30. The van der Waals surface area contributed by atoms with Crippen LogP contribution in [-0.4, -0.2) is 11.2 Å². The van der Waals surface area contributed by atoms with Crippen LogP contribution in [0, 0.1) is 13.8 Å². The molecule has 0 aromatic heterocycles. The van der Waals surface area contributed by atoms with E-state index >= 15 is 0 Å². The predicted molar refractivity (Wildman–Crippen MR) is 55.4 cm³/mol. The second-order valence-electron chi connectivity index (χ2n) is 3.47. The maximum absolute atomic E-state index is 12.5. The van der Waals surface area contributed by atoms with Crippen molar-refractivity contribution in [2.45, 2.75) is 25.7 Å². The van der Waals surface area contributed by atoms with Crippen molar-refractivity contribution < 1.29 is 13.6 Å². The van der Waals surface area contributed by atoms with Crippen LogP contribution in [0.1, 0.15) is 16.7 Å². The molecule has 4 heteroatoms. The van der Waals surface area contributed by atoms with E-state index in [1.54, 1.807) is 26.0 Å².